The molecule has 2 aromatic carbocycles. The van der Waals surface area contributed by atoms with E-state index < -0.39 is 6.10 Å². The lowest BCUT2D eigenvalue weighted by molar-refractivity contribution is -0.128. The van der Waals surface area contributed by atoms with Crippen molar-refractivity contribution in [1.29, 1.82) is 5.26 Å². The molecule has 2 aromatic rings. The number of nitriles is 1. The van der Waals surface area contributed by atoms with Crippen LogP contribution in [-0.4, -0.2) is 12.0 Å². The smallest absolute Gasteiger partial charge is 0.261 e. The van der Waals surface area contributed by atoms with Gasteiger partial charge in [-0.3, -0.25) is 4.79 Å². The Morgan fingerprint density at radius 2 is 1.84 bits per heavy atom. The molecule has 0 spiro atoms. The summed E-state index contributed by atoms with van der Waals surface area (Å²) >= 11 is 5.95. The van der Waals surface area contributed by atoms with Gasteiger partial charge in [0, 0.05) is 5.02 Å². The van der Waals surface area contributed by atoms with Crippen LogP contribution in [0.3, 0.4) is 0 Å². The Kier molecular flexibility index (Phi) is 5.25. The topological polar surface area (TPSA) is 62.1 Å². The molecule has 2 atom stereocenters. The SMILES string of the molecule is C[C@H](Oc1ccc(C#N)cc1)C(=O)N[C@H](c1ccc(Cl)cc1)C1CC1. The molecule has 1 aliphatic carbocycles. The number of nitrogens with one attached hydrogen (secondary N) is 1. The first-order chi connectivity index (χ1) is 12.1. The van der Waals surface area contributed by atoms with Gasteiger partial charge in [-0.15, -0.1) is 0 Å². The van der Waals surface area contributed by atoms with E-state index in [4.69, 9.17) is 21.6 Å². The molecule has 4 nitrogen and oxygen atoms in total. The summed E-state index contributed by atoms with van der Waals surface area (Å²) in [7, 11) is 0. The van der Waals surface area contributed by atoms with Gasteiger partial charge in [-0.1, -0.05) is 23.7 Å². The second-order valence-electron chi connectivity index (χ2n) is 6.27. The maximum atomic E-state index is 12.5. The van der Waals surface area contributed by atoms with Gasteiger partial charge >= 0.3 is 0 Å². The van der Waals surface area contributed by atoms with Crippen LogP contribution in [0.1, 0.15) is 36.9 Å². The molecule has 1 N–H and O–H groups in total. The first kappa shape index (κ1) is 17.3. The molecule has 1 aliphatic rings. The van der Waals surface area contributed by atoms with Crippen molar-refractivity contribution in [2.45, 2.75) is 31.9 Å². The number of hydrogen-bond acceptors (Lipinski definition) is 3. The van der Waals surface area contributed by atoms with E-state index >= 15 is 0 Å². The van der Waals surface area contributed by atoms with Gasteiger partial charge in [0.2, 0.25) is 0 Å². The lowest BCUT2D eigenvalue weighted by atomic mass is 10.0. The molecule has 5 heteroatoms. The second-order valence-corrected chi connectivity index (χ2v) is 6.71. The Morgan fingerprint density at radius 3 is 2.40 bits per heavy atom. The summed E-state index contributed by atoms with van der Waals surface area (Å²) in [6.07, 6.45) is 1.60. The zero-order valence-corrected chi connectivity index (χ0v) is 14.7. The van der Waals surface area contributed by atoms with E-state index in [2.05, 4.69) is 11.4 Å². The van der Waals surface area contributed by atoms with Crippen LogP contribution in [0.15, 0.2) is 48.5 Å². The van der Waals surface area contributed by atoms with Crippen molar-refractivity contribution in [2.75, 3.05) is 0 Å². The van der Waals surface area contributed by atoms with Crippen molar-refractivity contribution in [3.05, 3.63) is 64.7 Å². The number of hydrogen-bond donors (Lipinski definition) is 1. The largest absolute Gasteiger partial charge is 0.481 e. The summed E-state index contributed by atoms with van der Waals surface area (Å²) < 4.78 is 5.69. The minimum atomic E-state index is -0.624. The average molecular weight is 355 g/mol. The number of rotatable bonds is 6. The minimum Gasteiger partial charge on any atom is -0.481 e. The van der Waals surface area contributed by atoms with Crippen molar-refractivity contribution in [3.8, 4) is 11.8 Å². The molecule has 0 heterocycles. The molecule has 1 saturated carbocycles. The van der Waals surface area contributed by atoms with Gasteiger partial charge < -0.3 is 10.1 Å². The van der Waals surface area contributed by atoms with Crippen LogP contribution in [0.25, 0.3) is 0 Å². The van der Waals surface area contributed by atoms with Crippen LogP contribution in [0, 0.1) is 17.2 Å². The standard InChI is InChI=1S/C20H19ClN2O2/c1-13(25-18-10-2-14(12-22)3-11-18)20(24)23-19(15-4-5-15)16-6-8-17(21)9-7-16/h2-3,6-11,13,15,19H,4-5H2,1H3,(H,23,24)/t13-,19-/m0/s1. The lowest BCUT2D eigenvalue weighted by Gasteiger charge is -2.22. The zero-order chi connectivity index (χ0) is 17.8. The molecule has 0 saturated heterocycles. The fourth-order valence-electron chi connectivity index (χ4n) is 2.71. The Bertz CT molecular complexity index is 777. The van der Waals surface area contributed by atoms with Crippen molar-refractivity contribution in [1.82, 2.24) is 5.32 Å². The third-order valence-corrected chi connectivity index (χ3v) is 4.54. The molecular weight excluding hydrogens is 336 g/mol. The molecule has 3 rings (SSSR count). The minimum absolute atomic E-state index is 0.0169. The number of benzene rings is 2. The van der Waals surface area contributed by atoms with Crippen LogP contribution in [0.5, 0.6) is 5.75 Å². The van der Waals surface area contributed by atoms with Gasteiger partial charge in [0.1, 0.15) is 5.75 Å². The van der Waals surface area contributed by atoms with Crippen molar-refractivity contribution >= 4 is 17.5 Å². The van der Waals surface area contributed by atoms with Gasteiger partial charge in [0.05, 0.1) is 17.7 Å². The lowest BCUT2D eigenvalue weighted by Crippen LogP contribution is -2.39. The van der Waals surface area contributed by atoms with Crippen molar-refractivity contribution in [3.63, 3.8) is 0 Å². The average Bonchev–Trinajstić information content (AvgIpc) is 3.46. The number of carbonyl (C=O) groups is 1. The number of carbonyl (C=O) groups excluding carboxylic acids is 1. The molecule has 128 valence electrons. The first-order valence-electron chi connectivity index (χ1n) is 8.29. The first-order valence-corrected chi connectivity index (χ1v) is 8.67. The van der Waals surface area contributed by atoms with E-state index in [1.807, 2.05) is 24.3 Å². The van der Waals surface area contributed by atoms with Gasteiger partial charge in [0.15, 0.2) is 6.10 Å². The molecule has 25 heavy (non-hydrogen) atoms. The Hall–Kier alpha value is -2.51. The zero-order valence-electron chi connectivity index (χ0n) is 13.9. The quantitative estimate of drug-likeness (QED) is 0.843. The highest BCUT2D eigenvalue weighted by Crippen LogP contribution is 2.41. The third kappa shape index (κ3) is 4.52. The van der Waals surface area contributed by atoms with Crippen molar-refractivity contribution in [2.24, 2.45) is 5.92 Å². The van der Waals surface area contributed by atoms with Gasteiger partial charge in [-0.05, 0) is 67.6 Å². The van der Waals surface area contributed by atoms with Crippen LogP contribution < -0.4 is 10.1 Å². The molecule has 0 bridgehead atoms. The molecule has 0 radical (unpaired) electrons. The number of nitrogens with zero attached hydrogens (tertiary/aromatic N) is 1. The second kappa shape index (κ2) is 7.58. The van der Waals surface area contributed by atoms with E-state index in [9.17, 15) is 4.79 Å². The van der Waals surface area contributed by atoms with Crippen molar-refractivity contribution < 1.29 is 9.53 Å². The van der Waals surface area contributed by atoms with Crippen LogP contribution in [0.2, 0.25) is 5.02 Å². The number of amides is 1. The van der Waals surface area contributed by atoms with E-state index in [0.29, 0.717) is 22.3 Å². The summed E-state index contributed by atoms with van der Waals surface area (Å²) in [5, 5.41) is 12.6. The monoisotopic (exact) mass is 354 g/mol. The number of ether oxygens (including phenoxy) is 1. The molecule has 1 fully saturated rings. The highest BCUT2D eigenvalue weighted by atomic mass is 35.5. The Labute approximate surface area is 152 Å². The van der Waals surface area contributed by atoms with Crippen LogP contribution in [0.4, 0.5) is 0 Å². The van der Waals surface area contributed by atoms with Crippen LogP contribution in [-0.2, 0) is 4.79 Å². The van der Waals surface area contributed by atoms with E-state index in [-0.39, 0.29) is 11.9 Å². The summed E-state index contributed by atoms with van der Waals surface area (Å²) in [6.45, 7) is 1.72. The van der Waals surface area contributed by atoms with E-state index in [1.165, 1.54) is 0 Å². The predicted molar refractivity (Wildman–Crippen MR) is 96.3 cm³/mol. The molecule has 0 aromatic heterocycles. The van der Waals surface area contributed by atoms with Gasteiger partial charge in [-0.2, -0.15) is 5.26 Å². The van der Waals surface area contributed by atoms with Crippen LogP contribution >= 0.6 is 11.6 Å². The summed E-state index contributed by atoms with van der Waals surface area (Å²) in [5.41, 5.74) is 1.62. The normalized spacial score (nSPS) is 15.7. The maximum absolute atomic E-state index is 12.5. The highest BCUT2D eigenvalue weighted by Gasteiger charge is 2.34. The summed E-state index contributed by atoms with van der Waals surface area (Å²) in [5.74, 6) is 0.875. The van der Waals surface area contributed by atoms with Gasteiger partial charge in [0.25, 0.3) is 5.91 Å². The van der Waals surface area contributed by atoms with E-state index in [1.54, 1.807) is 31.2 Å². The molecule has 0 aliphatic heterocycles. The summed E-state index contributed by atoms with van der Waals surface area (Å²) in [4.78, 5) is 12.5. The fourth-order valence-corrected chi connectivity index (χ4v) is 2.84. The highest BCUT2D eigenvalue weighted by molar-refractivity contribution is 6.30. The molecular formula is C20H19ClN2O2. The molecule has 1 amide bonds. The van der Waals surface area contributed by atoms with Gasteiger partial charge in [-0.25, -0.2) is 0 Å². The number of halogens is 1. The summed E-state index contributed by atoms with van der Waals surface area (Å²) in [6, 6.07) is 16.4. The Morgan fingerprint density at radius 1 is 1.20 bits per heavy atom. The fraction of sp³-hybridized carbons (Fsp3) is 0.300. The maximum Gasteiger partial charge on any atom is 0.261 e. The Balaban J connectivity index is 1.64. The third-order valence-electron chi connectivity index (χ3n) is 4.29. The van der Waals surface area contributed by atoms with E-state index in [0.717, 1.165) is 18.4 Å². The predicted octanol–water partition coefficient (Wildman–Crippen LogP) is 4.25. The molecule has 0 unspecified atom stereocenters.